The maximum atomic E-state index is 11.6. The van der Waals surface area contributed by atoms with Crippen LogP contribution in [-0.4, -0.2) is 40.4 Å². The average molecular weight is 310 g/mol. The number of nitrogens with zero attached hydrogens (tertiary/aromatic N) is 2. The summed E-state index contributed by atoms with van der Waals surface area (Å²) in [6.07, 6.45) is 1.17. The van der Waals surface area contributed by atoms with Crippen molar-refractivity contribution in [1.29, 1.82) is 0 Å². The molecule has 1 heterocycles. The van der Waals surface area contributed by atoms with Gasteiger partial charge in [0.1, 0.15) is 5.75 Å². The predicted molar refractivity (Wildman–Crippen MR) is 74.2 cm³/mol. The van der Waals surface area contributed by atoms with Gasteiger partial charge in [0, 0.05) is 19.7 Å². The van der Waals surface area contributed by atoms with Crippen molar-refractivity contribution in [3.63, 3.8) is 0 Å². The van der Waals surface area contributed by atoms with Gasteiger partial charge in [-0.25, -0.2) is 18.2 Å². The molecule has 8 heteroatoms. The normalized spacial score (nSPS) is 11.5. The van der Waals surface area contributed by atoms with Crippen LogP contribution in [0.5, 0.6) is 5.75 Å². The van der Waals surface area contributed by atoms with Gasteiger partial charge in [-0.3, -0.25) is 0 Å². The minimum Gasteiger partial charge on any atom is -0.508 e. The number of hydrogen-bond acceptors (Lipinski definition) is 5. The smallest absolute Gasteiger partial charge is 0.356 e. The minimum atomic E-state index is -3.62. The SMILES string of the molecule is Cn1c(S(C)(=O)=O)nc(C(=O)O)c1Cc1ccc(O)cc1. The van der Waals surface area contributed by atoms with Gasteiger partial charge in [0.05, 0.1) is 5.69 Å². The molecule has 21 heavy (non-hydrogen) atoms. The first kappa shape index (κ1) is 15.0. The molecule has 0 unspecified atom stereocenters. The first-order valence-electron chi connectivity index (χ1n) is 5.97. The molecule has 0 fully saturated rings. The van der Waals surface area contributed by atoms with E-state index in [2.05, 4.69) is 4.98 Å². The van der Waals surface area contributed by atoms with Crippen molar-refractivity contribution < 1.29 is 23.4 Å². The molecule has 0 aliphatic heterocycles. The number of aromatic hydroxyl groups is 1. The average Bonchev–Trinajstić information content (AvgIpc) is 2.70. The summed E-state index contributed by atoms with van der Waals surface area (Å²) in [6.45, 7) is 0. The first-order valence-corrected chi connectivity index (χ1v) is 7.86. The molecule has 0 spiro atoms. The summed E-state index contributed by atoms with van der Waals surface area (Å²) in [4.78, 5) is 15.0. The number of carboxylic acid groups (broad SMARTS) is 1. The Morgan fingerprint density at radius 2 is 1.86 bits per heavy atom. The molecule has 1 aromatic carbocycles. The summed E-state index contributed by atoms with van der Waals surface area (Å²) in [5.74, 6) is -1.19. The molecule has 0 bridgehead atoms. The van der Waals surface area contributed by atoms with Gasteiger partial charge in [-0.15, -0.1) is 0 Å². The van der Waals surface area contributed by atoms with E-state index >= 15 is 0 Å². The second-order valence-electron chi connectivity index (χ2n) is 4.67. The van der Waals surface area contributed by atoms with E-state index in [1.165, 1.54) is 23.7 Å². The molecule has 0 radical (unpaired) electrons. The molecule has 2 N–H and O–H groups in total. The number of sulfone groups is 1. The molecular weight excluding hydrogens is 296 g/mol. The molecule has 112 valence electrons. The van der Waals surface area contributed by atoms with Crippen LogP contribution in [-0.2, 0) is 23.3 Å². The Morgan fingerprint density at radius 3 is 2.33 bits per heavy atom. The number of aromatic nitrogens is 2. The second kappa shape index (κ2) is 5.21. The summed E-state index contributed by atoms with van der Waals surface area (Å²) in [6, 6.07) is 6.22. The fraction of sp³-hybridized carbons (Fsp3) is 0.231. The maximum Gasteiger partial charge on any atom is 0.356 e. The summed E-state index contributed by atoms with van der Waals surface area (Å²) < 4.78 is 24.5. The third kappa shape index (κ3) is 3.05. The standard InChI is InChI=1S/C13H14N2O5S/c1-15-10(7-8-3-5-9(16)6-4-8)11(12(17)18)14-13(15)21(2,19)20/h3-6,16H,7H2,1-2H3,(H,17,18). The predicted octanol–water partition coefficient (Wildman–Crippen LogP) is 0.818. The van der Waals surface area contributed by atoms with Crippen LogP contribution in [0.4, 0.5) is 0 Å². The molecule has 7 nitrogen and oxygen atoms in total. The van der Waals surface area contributed by atoms with Gasteiger partial charge in [-0.1, -0.05) is 12.1 Å². The topological polar surface area (TPSA) is 109 Å². The van der Waals surface area contributed by atoms with Gasteiger partial charge < -0.3 is 14.8 Å². The number of carboxylic acids is 1. The van der Waals surface area contributed by atoms with Crippen molar-refractivity contribution in [2.45, 2.75) is 11.6 Å². The Bertz CT molecular complexity index is 791. The number of phenolic OH excluding ortho intramolecular Hbond substituents is 1. The van der Waals surface area contributed by atoms with Crippen molar-refractivity contribution in [2.75, 3.05) is 6.26 Å². The van der Waals surface area contributed by atoms with E-state index in [0.29, 0.717) is 0 Å². The molecule has 2 aromatic rings. The van der Waals surface area contributed by atoms with Crippen LogP contribution >= 0.6 is 0 Å². The summed E-state index contributed by atoms with van der Waals surface area (Å²) in [5.41, 5.74) is 0.734. The van der Waals surface area contributed by atoms with Crippen LogP contribution < -0.4 is 0 Å². The molecular formula is C13H14N2O5S. The number of rotatable bonds is 4. The molecule has 1 aromatic heterocycles. The van der Waals surface area contributed by atoms with Crippen molar-refractivity contribution >= 4 is 15.8 Å². The fourth-order valence-corrected chi connectivity index (χ4v) is 2.89. The lowest BCUT2D eigenvalue weighted by Gasteiger charge is -2.06. The van der Waals surface area contributed by atoms with Crippen LogP contribution in [0.1, 0.15) is 21.7 Å². The van der Waals surface area contributed by atoms with Gasteiger partial charge in [0.2, 0.25) is 15.0 Å². The van der Waals surface area contributed by atoms with Gasteiger partial charge >= 0.3 is 5.97 Å². The van der Waals surface area contributed by atoms with Gasteiger partial charge in [-0.05, 0) is 17.7 Å². The van der Waals surface area contributed by atoms with Gasteiger partial charge in [-0.2, -0.15) is 0 Å². The van der Waals surface area contributed by atoms with E-state index in [-0.39, 0.29) is 28.7 Å². The Balaban J connectivity index is 2.54. The molecule has 0 aliphatic carbocycles. The van der Waals surface area contributed by atoms with Crippen LogP contribution in [0.2, 0.25) is 0 Å². The van der Waals surface area contributed by atoms with Gasteiger partial charge in [0.15, 0.2) is 5.69 Å². The zero-order valence-electron chi connectivity index (χ0n) is 11.4. The van der Waals surface area contributed by atoms with E-state index in [1.807, 2.05) is 0 Å². The number of carbonyl (C=O) groups is 1. The van der Waals surface area contributed by atoms with Crippen molar-refractivity contribution in [1.82, 2.24) is 9.55 Å². The highest BCUT2D eigenvalue weighted by Gasteiger charge is 2.25. The maximum absolute atomic E-state index is 11.6. The quantitative estimate of drug-likeness (QED) is 0.865. The molecule has 0 aliphatic rings. The number of benzene rings is 1. The lowest BCUT2D eigenvalue weighted by molar-refractivity contribution is 0.0689. The fourth-order valence-electron chi connectivity index (χ4n) is 2.02. The highest BCUT2D eigenvalue weighted by Crippen LogP contribution is 2.20. The summed E-state index contributed by atoms with van der Waals surface area (Å²) in [5, 5.41) is 18.1. The molecule has 0 saturated carbocycles. The van der Waals surface area contributed by atoms with E-state index in [4.69, 9.17) is 0 Å². The van der Waals surface area contributed by atoms with Crippen LogP contribution in [0, 0.1) is 0 Å². The van der Waals surface area contributed by atoms with Crippen molar-refractivity contribution in [2.24, 2.45) is 7.05 Å². The molecule has 0 atom stereocenters. The van der Waals surface area contributed by atoms with Crippen molar-refractivity contribution in [3.05, 3.63) is 41.2 Å². The molecule has 2 rings (SSSR count). The largest absolute Gasteiger partial charge is 0.508 e. The lowest BCUT2D eigenvalue weighted by atomic mass is 10.1. The number of imidazole rings is 1. The lowest BCUT2D eigenvalue weighted by Crippen LogP contribution is -2.08. The minimum absolute atomic E-state index is 0.0963. The third-order valence-electron chi connectivity index (χ3n) is 3.01. The van der Waals surface area contributed by atoms with E-state index in [9.17, 15) is 23.4 Å². The highest BCUT2D eigenvalue weighted by atomic mass is 32.2. The second-order valence-corrected chi connectivity index (χ2v) is 6.58. The van der Waals surface area contributed by atoms with E-state index < -0.39 is 15.8 Å². The number of hydrogen-bond donors (Lipinski definition) is 2. The van der Waals surface area contributed by atoms with Crippen LogP contribution in [0.15, 0.2) is 29.4 Å². The molecule has 0 amide bonds. The van der Waals surface area contributed by atoms with E-state index in [1.54, 1.807) is 12.1 Å². The highest BCUT2D eigenvalue weighted by molar-refractivity contribution is 7.90. The Labute approximate surface area is 121 Å². The summed E-state index contributed by atoms with van der Waals surface area (Å²) >= 11 is 0. The van der Waals surface area contributed by atoms with Crippen LogP contribution in [0.3, 0.4) is 0 Å². The Kier molecular flexibility index (Phi) is 3.73. The Morgan fingerprint density at radius 1 is 1.29 bits per heavy atom. The van der Waals surface area contributed by atoms with E-state index in [0.717, 1.165) is 11.8 Å². The van der Waals surface area contributed by atoms with Crippen LogP contribution in [0.25, 0.3) is 0 Å². The summed E-state index contributed by atoms with van der Waals surface area (Å²) in [7, 11) is -2.16. The third-order valence-corrected chi connectivity index (χ3v) is 4.04. The Hall–Kier alpha value is -2.35. The monoisotopic (exact) mass is 310 g/mol. The zero-order valence-corrected chi connectivity index (χ0v) is 12.3. The number of phenols is 1. The number of aromatic carboxylic acids is 1. The first-order chi connectivity index (χ1) is 9.70. The van der Waals surface area contributed by atoms with Gasteiger partial charge in [0.25, 0.3) is 0 Å². The van der Waals surface area contributed by atoms with Crippen molar-refractivity contribution in [3.8, 4) is 5.75 Å². The zero-order chi connectivity index (χ0) is 15.8. The molecule has 0 saturated heterocycles.